The lowest BCUT2D eigenvalue weighted by Gasteiger charge is -2.05. The van der Waals surface area contributed by atoms with Crippen molar-refractivity contribution in [3.8, 4) is 11.4 Å². The molecule has 0 spiro atoms. The van der Waals surface area contributed by atoms with Gasteiger partial charge in [-0.2, -0.15) is 0 Å². The molecule has 0 aliphatic heterocycles. The summed E-state index contributed by atoms with van der Waals surface area (Å²) in [5.74, 6) is -1.03. The van der Waals surface area contributed by atoms with Crippen molar-refractivity contribution in [2.24, 2.45) is 0 Å². The fourth-order valence-corrected chi connectivity index (χ4v) is 2.03. The molecule has 0 radical (unpaired) electrons. The number of halogens is 1. The Labute approximate surface area is 130 Å². The number of rotatable bonds is 3. The van der Waals surface area contributed by atoms with Crippen molar-refractivity contribution in [1.29, 1.82) is 0 Å². The lowest BCUT2D eigenvalue weighted by molar-refractivity contribution is 0.102. The zero-order valence-corrected chi connectivity index (χ0v) is 12.1. The van der Waals surface area contributed by atoms with E-state index in [1.807, 2.05) is 0 Å². The average Bonchev–Trinajstić information content (AvgIpc) is 2.92. The fraction of sp³-hybridized carbons (Fsp3) is 0.0667. The van der Waals surface area contributed by atoms with Crippen LogP contribution in [0, 0.1) is 12.7 Å². The maximum Gasteiger partial charge on any atom is 0.279 e. The van der Waals surface area contributed by atoms with E-state index in [-0.39, 0.29) is 23.1 Å². The summed E-state index contributed by atoms with van der Waals surface area (Å²) in [4.78, 5) is 16.1. The topological polar surface area (TPSA) is 92.9 Å². The zero-order valence-electron chi connectivity index (χ0n) is 12.1. The van der Waals surface area contributed by atoms with Crippen LogP contribution in [0.2, 0.25) is 0 Å². The molecule has 2 heterocycles. The molecule has 1 aromatic carbocycles. The summed E-state index contributed by atoms with van der Waals surface area (Å²) >= 11 is 0. The maximum absolute atomic E-state index is 13.0. The molecule has 2 N–H and O–H groups in total. The van der Waals surface area contributed by atoms with Crippen molar-refractivity contribution < 1.29 is 14.3 Å². The number of nitrogens with zero attached hydrogens (tertiary/aromatic N) is 4. The Morgan fingerprint density at radius 1 is 1.26 bits per heavy atom. The molecule has 3 rings (SSSR count). The van der Waals surface area contributed by atoms with Crippen LogP contribution in [0.5, 0.6) is 5.75 Å². The highest BCUT2D eigenvalue weighted by Gasteiger charge is 2.18. The molecule has 7 nitrogen and oxygen atoms in total. The summed E-state index contributed by atoms with van der Waals surface area (Å²) in [6.45, 7) is 1.66. The van der Waals surface area contributed by atoms with E-state index in [0.717, 1.165) is 0 Å². The molecule has 0 fully saturated rings. The van der Waals surface area contributed by atoms with Gasteiger partial charge in [-0.25, -0.2) is 14.1 Å². The van der Waals surface area contributed by atoms with E-state index in [1.165, 1.54) is 41.2 Å². The van der Waals surface area contributed by atoms with Gasteiger partial charge in [0.25, 0.3) is 5.91 Å². The molecule has 0 saturated carbocycles. The standard InChI is InChI=1S/C15H12FN5O2/c1-9-13(15(23)18-14-12(22)3-2-8-17-14)19-20-21(9)11-6-4-10(16)5-7-11/h2-8,22H,1H3,(H,17,18,23). The third-order valence-corrected chi connectivity index (χ3v) is 3.20. The van der Waals surface area contributed by atoms with Crippen LogP contribution in [-0.4, -0.2) is 31.0 Å². The molecule has 0 unspecified atom stereocenters. The van der Waals surface area contributed by atoms with Crippen LogP contribution < -0.4 is 5.32 Å². The minimum atomic E-state index is -0.551. The van der Waals surface area contributed by atoms with E-state index in [1.54, 1.807) is 13.0 Å². The Bertz CT molecular complexity index is 861. The number of carbonyl (C=O) groups is 1. The van der Waals surface area contributed by atoms with Crippen molar-refractivity contribution in [1.82, 2.24) is 20.0 Å². The van der Waals surface area contributed by atoms with Gasteiger partial charge in [0.1, 0.15) is 5.82 Å². The smallest absolute Gasteiger partial charge is 0.279 e. The van der Waals surface area contributed by atoms with Crippen LogP contribution in [0.15, 0.2) is 42.6 Å². The minimum Gasteiger partial charge on any atom is -0.504 e. The van der Waals surface area contributed by atoms with Crippen LogP contribution in [0.25, 0.3) is 5.69 Å². The Morgan fingerprint density at radius 2 is 2.00 bits per heavy atom. The third kappa shape index (κ3) is 2.86. The van der Waals surface area contributed by atoms with E-state index in [9.17, 15) is 14.3 Å². The van der Waals surface area contributed by atoms with Crippen molar-refractivity contribution in [2.45, 2.75) is 6.92 Å². The summed E-state index contributed by atoms with van der Waals surface area (Å²) in [6, 6.07) is 8.60. The number of carbonyl (C=O) groups excluding carboxylic acids is 1. The van der Waals surface area contributed by atoms with Gasteiger partial charge in [-0.15, -0.1) is 5.10 Å². The van der Waals surface area contributed by atoms with Crippen LogP contribution in [-0.2, 0) is 0 Å². The molecule has 0 bridgehead atoms. The first-order chi connectivity index (χ1) is 11.1. The molecule has 1 amide bonds. The zero-order chi connectivity index (χ0) is 16.4. The highest BCUT2D eigenvalue weighted by Crippen LogP contribution is 2.20. The number of benzene rings is 1. The molecule has 23 heavy (non-hydrogen) atoms. The monoisotopic (exact) mass is 313 g/mol. The number of nitrogens with one attached hydrogen (secondary N) is 1. The lowest BCUT2D eigenvalue weighted by Crippen LogP contribution is -2.15. The summed E-state index contributed by atoms with van der Waals surface area (Å²) in [7, 11) is 0. The Hall–Kier alpha value is -3.29. The Balaban J connectivity index is 1.88. The van der Waals surface area contributed by atoms with Gasteiger partial charge in [0.2, 0.25) is 0 Å². The molecule has 2 aromatic heterocycles. The van der Waals surface area contributed by atoms with Gasteiger partial charge in [-0.05, 0) is 43.3 Å². The van der Waals surface area contributed by atoms with Gasteiger partial charge < -0.3 is 10.4 Å². The number of hydrogen-bond acceptors (Lipinski definition) is 5. The number of pyridine rings is 1. The van der Waals surface area contributed by atoms with Gasteiger partial charge in [-0.1, -0.05) is 5.21 Å². The predicted molar refractivity (Wildman–Crippen MR) is 79.9 cm³/mol. The number of anilines is 1. The van der Waals surface area contributed by atoms with Gasteiger partial charge >= 0.3 is 0 Å². The van der Waals surface area contributed by atoms with Crippen molar-refractivity contribution in [3.63, 3.8) is 0 Å². The van der Waals surface area contributed by atoms with Crippen molar-refractivity contribution >= 4 is 11.7 Å². The SMILES string of the molecule is Cc1c(C(=O)Nc2ncccc2O)nnn1-c1ccc(F)cc1. The predicted octanol–water partition coefficient (Wildman–Crippen LogP) is 2.07. The second-order valence-corrected chi connectivity index (χ2v) is 4.74. The van der Waals surface area contributed by atoms with E-state index >= 15 is 0 Å². The highest BCUT2D eigenvalue weighted by molar-refractivity contribution is 6.03. The molecule has 3 aromatic rings. The number of amides is 1. The van der Waals surface area contributed by atoms with Gasteiger partial charge in [0.15, 0.2) is 17.3 Å². The highest BCUT2D eigenvalue weighted by atomic mass is 19.1. The molecule has 116 valence electrons. The number of aromatic nitrogens is 4. The summed E-state index contributed by atoms with van der Waals surface area (Å²) in [5.41, 5.74) is 1.14. The Kier molecular flexibility index (Phi) is 3.71. The number of aromatic hydroxyl groups is 1. The van der Waals surface area contributed by atoms with Crippen molar-refractivity contribution in [3.05, 3.63) is 59.8 Å². The van der Waals surface area contributed by atoms with Crippen LogP contribution in [0.4, 0.5) is 10.2 Å². The van der Waals surface area contributed by atoms with Gasteiger partial charge in [0, 0.05) is 6.20 Å². The van der Waals surface area contributed by atoms with Crippen LogP contribution >= 0.6 is 0 Å². The first-order valence-electron chi connectivity index (χ1n) is 6.70. The molecule has 0 atom stereocenters. The average molecular weight is 313 g/mol. The molecule has 8 heteroatoms. The molecular formula is C15H12FN5O2. The molecule has 0 aliphatic rings. The summed E-state index contributed by atoms with van der Waals surface area (Å²) in [5, 5.41) is 19.8. The second-order valence-electron chi connectivity index (χ2n) is 4.74. The van der Waals surface area contributed by atoms with Crippen molar-refractivity contribution in [2.75, 3.05) is 5.32 Å². The molecule has 0 saturated heterocycles. The fourth-order valence-electron chi connectivity index (χ4n) is 2.03. The van der Waals surface area contributed by atoms with Gasteiger partial charge in [0.05, 0.1) is 11.4 Å². The largest absolute Gasteiger partial charge is 0.504 e. The second kappa shape index (κ2) is 5.84. The maximum atomic E-state index is 13.0. The van der Waals surface area contributed by atoms with E-state index in [4.69, 9.17) is 0 Å². The summed E-state index contributed by atoms with van der Waals surface area (Å²) < 4.78 is 14.4. The lowest BCUT2D eigenvalue weighted by atomic mass is 10.2. The quantitative estimate of drug-likeness (QED) is 0.772. The van der Waals surface area contributed by atoms with E-state index in [0.29, 0.717) is 11.4 Å². The summed E-state index contributed by atoms with van der Waals surface area (Å²) in [6.07, 6.45) is 1.44. The van der Waals surface area contributed by atoms with Crippen LogP contribution in [0.3, 0.4) is 0 Å². The minimum absolute atomic E-state index is 0.0354. The number of hydrogen-bond donors (Lipinski definition) is 2. The van der Waals surface area contributed by atoms with E-state index in [2.05, 4.69) is 20.6 Å². The first kappa shape index (κ1) is 14.6. The normalized spacial score (nSPS) is 10.5. The Morgan fingerprint density at radius 3 is 2.70 bits per heavy atom. The van der Waals surface area contributed by atoms with Gasteiger partial charge in [-0.3, -0.25) is 4.79 Å². The van der Waals surface area contributed by atoms with Crippen LogP contribution in [0.1, 0.15) is 16.2 Å². The third-order valence-electron chi connectivity index (χ3n) is 3.20. The first-order valence-corrected chi connectivity index (χ1v) is 6.70. The molecular weight excluding hydrogens is 301 g/mol. The van der Waals surface area contributed by atoms with E-state index < -0.39 is 5.91 Å². The molecule has 0 aliphatic carbocycles.